The number of nitrogens with two attached hydrogens (primary N) is 1. The number of nitrogens with one attached hydrogen (secondary N) is 1. The van der Waals surface area contributed by atoms with E-state index in [0.29, 0.717) is 12.4 Å². The molecule has 0 aliphatic rings. The van der Waals surface area contributed by atoms with Gasteiger partial charge in [0.25, 0.3) is 0 Å². The fourth-order valence-electron chi connectivity index (χ4n) is 1.79. The molecule has 19 heavy (non-hydrogen) atoms. The Bertz CT molecular complexity index is 580. The van der Waals surface area contributed by atoms with Crippen LogP contribution in [0.15, 0.2) is 18.5 Å². The number of hydrogen-bond acceptors (Lipinski definition) is 5. The van der Waals surface area contributed by atoms with Gasteiger partial charge in [-0.25, -0.2) is 9.97 Å². The molecule has 0 aliphatic carbocycles. The van der Waals surface area contributed by atoms with E-state index < -0.39 is 0 Å². The van der Waals surface area contributed by atoms with Crippen molar-refractivity contribution in [2.75, 3.05) is 11.1 Å². The molecular formula is C14H19N5. The maximum atomic E-state index is 5.89. The van der Waals surface area contributed by atoms with Gasteiger partial charge in [0.2, 0.25) is 0 Å². The van der Waals surface area contributed by atoms with Crippen LogP contribution in [0.25, 0.3) is 0 Å². The molecule has 0 saturated carbocycles. The predicted molar refractivity (Wildman–Crippen MR) is 76.9 cm³/mol. The fraction of sp³-hybridized carbons (Fsp3) is 0.357. The number of aromatic nitrogens is 3. The summed E-state index contributed by atoms with van der Waals surface area (Å²) >= 11 is 0. The summed E-state index contributed by atoms with van der Waals surface area (Å²) in [6, 6.07) is 2.00. The largest absolute Gasteiger partial charge is 0.383 e. The number of anilines is 2. The van der Waals surface area contributed by atoms with Crippen molar-refractivity contribution >= 4 is 11.6 Å². The van der Waals surface area contributed by atoms with Crippen LogP contribution in [0.5, 0.6) is 0 Å². The average molecular weight is 257 g/mol. The molecule has 0 fully saturated rings. The van der Waals surface area contributed by atoms with Crippen molar-refractivity contribution in [2.24, 2.45) is 0 Å². The van der Waals surface area contributed by atoms with Crippen LogP contribution in [-0.2, 0) is 13.0 Å². The van der Waals surface area contributed by atoms with Gasteiger partial charge >= 0.3 is 0 Å². The van der Waals surface area contributed by atoms with Gasteiger partial charge in [-0.3, -0.25) is 4.98 Å². The maximum Gasteiger partial charge on any atom is 0.135 e. The number of aryl methyl sites for hydroxylation is 2. The Morgan fingerprint density at radius 1 is 1.26 bits per heavy atom. The Balaban J connectivity index is 2.20. The maximum absolute atomic E-state index is 5.89. The van der Waals surface area contributed by atoms with E-state index in [1.807, 2.05) is 33.0 Å². The molecule has 0 radical (unpaired) electrons. The van der Waals surface area contributed by atoms with E-state index in [1.165, 1.54) is 5.56 Å². The highest BCUT2D eigenvalue weighted by Crippen LogP contribution is 2.18. The van der Waals surface area contributed by atoms with Crippen LogP contribution in [0.3, 0.4) is 0 Å². The molecule has 0 amide bonds. The van der Waals surface area contributed by atoms with Gasteiger partial charge in [0.1, 0.15) is 17.5 Å². The van der Waals surface area contributed by atoms with Crippen molar-refractivity contribution in [1.29, 1.82) is 0 Å². The highest BCUT2D eigenvalue weighted by Gasteiger charge is 2.08. The van der Waals surface area contributed by atoms with Crippen LogP contribution in [0, 0.1) is 13.8 Å². The Morgan fingerprint density at radius 2 is 2.05 bits per heavy atom. The molecule has 0 spiro atoms. The quantitative estimate of drug-likeness (QED) is 0.878. The van der Waals surface area contributed by atoms with Crippen LogP contribution >= 0.6 is 0 Å². The van der Waals surface area contributed by atoms with E-state index in [2.05, 4.69) is 20.3 Å². The van der Waals surface area contributed by atoms with E-state index >= 15 is 0 Å². The van der Waals surface area contributed by atoms with Gasteiger partial charge in [0, 0.05) is 30.9 Å². The second kappa shape index (κ2) is 5.65. The van der Waals surface area contributed by atoms with Gasteiger partial charge in [-0.15, -0.1) is 0 Å². The average Bonchev–Trinajstić information content (AvgIpc) is 2.42. The van der Waals surface area contributed by atoms with E-state index in [0.717, 1.165) is 29.2 Å². The molecule has 0 saturated heterocycles. The first-order valence-electron chi connectivity index (χ1n) is 6.38. The van der Waals surface area contributed by atoms with Gasteiger partial charge in [-0.05, 0) is 31.0 Å². The summed E-state index contributed by atoms with van der Waals surface area (Å²) in [6.45, 7) is 6.69. The van der Waals surface area contributed by atoms with Crippen molar-refractivity contribution in [1.82, 2.24) is 15.0 Å². The normalized spacial score (nSPS) is 10.5. The number of nitrogens with zero attached hydrogens (tertiary/aromatic N) is 3. The minimum absolute atomic E-state index is 0.542. The molecule has 3 N–H and O–H groups in total. The molecule has 0 atom stereocenters. The molecule has 2 aromatic heterocycles. The van der Waals surface area contributed by atoms with Gasteiger partial charge in [0.05, 0.1) is 0 Å². The summed E-state index contributed by atoms with van der Waals surface area (Å²) in [5, 5.41) is 3.33. The summed E-state index contributed by atoms with van der Waals surface area (Å²) in [7, 11) is 0. The Labute approximate surface area is 113 Å². The molecule has 100 valence electrons. The minimum atomic E-state index is 0.542. The monoisotopic (exact) mass is 257 g/mol. The van der Waals surface area contributed by atoms with Crippen LogP contribution in [0.2, 0.25) is 0 Å². The number of nitrogen functional groups attached to an aromatic ring is 1. The number of hydrogen-bond donors (Lipinski definition) is 2. The molecule has 5 nitrogen and oxygen atoms in total. The summed E-state index contributed by atoms with van der Waals surface area (Å²) in [5.74, 6) is 2.11. The molecule has 0 aromatic carbocycles. The van der Waals surface area contributed by atoms with Gasteiger partial charge < -0.3 is 11.1 Å². The van der Waals surface area contributed by atoms with E-state index in [4.69, 9.17) is 5.73 Å². The fourth-order valence-corrected chi connectivity index (χ4v) is 1.79. The highest BCUT2D eigenvalue weighted by atomic mass is 15.1. The lowest BCUT2D eigenvalue weighted by atomic mass is 10.1. The van der Waals surface area contributed by atoms with Gasteiger partial charge in [-0.1, -0.05) is 6.92 Å². The third-order valence-corrected chi connectivity index (χ3v) is 3.13. The smallest absolute Gasteiger partial charge is 0.135 e. The zero-order chi connectivity index (χ0) is 13.8. The predicted octanol–water partition coefficient (Wildman–Crippen LogP) is 2.25. The van der Waals surface area contributed by atoms with Crippen molar-refractivity contribution in [3.8, 4) is 0 Å². The zero-order valence-corrected chi connectivity index (χ0v) is 11.6. The van der Waals surface area contributed by atoms with Gasteiger partial charge in [0.15, 0.2) is 0 Å². The van der Waals surface area contributed by atoms with E-state index in [9.17, 15) is 0 Å². The lowest BCUT2D eigenvalue weighted by molar-refractivity contribution is 0.927. The topological polar surface area (TPSA) is 76.7 Å². The van der Waals surface area contributed by atoms with Crippen molar-refractivity contribution in [2.45, 2.75) is 33.7 Å². The Kier molecular flexibility index (Phi) is 3.94. The second-order valence-electron chi connectivity index (χ2n) is 4.51. The Hall–Kier alpha value is -2.17. The molecule has 2 aromatic rings. The second-order valence-corrected chi connectivity index (χ2v) is 4.51. The van der Waals surface area contributed by atoms with Crippen molar-refractivity contribution < 1.29 is 0 Å². The zero-order valence-electron chi connectivity index (χ0n) is 11.6. The van der Waals surface area contributed by atoms with Crippen LogP contribution in [0.1, 0.15) is 29.4 Å². The molecule has 2 rings (SSSR count). The molecule has 0 unspecified atom stereocenters. The number of rotatable bonds is 4. The van der Waals surface area contributed by atoms with Crippen LogP contribution < -0.4 is 11.1 Å². The first-order valence-corrected chi connectivity index (χ1v) is 6.38. The summed E-state index contributed by atoms with van der Waals surface area (Å²) in [6.07, 6.45) is 4.42. The first-order chi connectivity index (χ1) is 9.11. The Morgan fingerprint density at radius 3 is 2.74 bits per heavy atom. The third kappa shape index (κ3) is 2.99. The lowest BCUT2D eigenvalue weighted by Crippen LogP contribution is -2.10. The van der Waals surface area contributed by atoms with Crippen molar-refractivity contribution in [3.63, 3.8) is 0 Å². The van der Waals surface area contributed by atoms with E-state index in [-0.39, 0.29) is 0 Å². The molecule has 2 heterocycles. The molecule has 0 aliphatic heterocycles. The van der Waals surface area contributed by atoms with Crippen molar-refractivity contribution in [3.05, 3.63) is 41.0 Å². The standard InChI is InChI=1S/C14H19N5/c1-4-12-18-13(15)10(3)14(19-12)17-8-11-5-6-16-7-9(11)2/h5-7H,4,8H2,1-3H3,(H3,15,17,18,19). The summed E-state index contributed by atoms with van der Waals surface area (Å²) in [5.41, 5.74) is 9.14. The number of pyridine rings is 1. The van der Waals surface area contributed by atoms with Crippen LogP contribution in [0.4, 0.5) is 11.6 Å². The summed E-state index contributed by atoms with van der Waals surface area (Å²) < 4.78 is 0. The molecule has 5 heteroatoms. The highest BCUT2D eigenvalue weighted by molar-refractivity contribution is 5.55. The SMILES string of the molecule is CCc1nc(N)c(C)c(NCc2ccncc2C)n1. The molecule has 0 bridgehead atoms. The lowest BCUT2D eigenvalue weighted by Gasteiger charge is -2.12. The third-order valence-electron chi connectivity index (χ3n) is 3.13. The summed E-state index contributed by atoms with van der Waals surface area (Å²) in [4.78, 5) is 12.8. The first kappa shape index (κ1) is 13.3. The van der Waals surface area contributed by atoms with Gasteiger partial charge in [-0.2, -0.15) is 0 Å². The minimum Gasteiger partial charge on any atom is -0.383 e. The van der Waals surface area contributed by atoms with Crippen LogP contribution in [-0.4, -0.2) is 15.0 Å². The van der Waals surface area contributed by atoms with E-state index in [1.54, 1.807) is 6.20 Å². The molecular weight excluding hydrogens is 238 g/mol.